The molecule has 2 fully saturated rings. The van der Waals surface area contributed by atoms with Crippen LogP contribution in [-0.4, -0.2) is 45.6 Å². The van der Waals surface area contributed by atoms with E-state index in [0.29, 0.717) is 11.1 Å². The summed E-state index contributed by atoms with van der Waals surface area (Å²) >= 11 is 0. The van der Waals surface area contributed by atoms with E-state index in [1.807, 2.05) is 35.2 Å². The Hall–Kier alpha value is -2.63. The summed E-state index contributed by atoms with van der Waals surface area (Å²) in [7, 11) is 1.74. The topological polar surface area (TPSA) is 67.2 Å². The SMILES string of the molecule is CC(NC(=O)c1cc(-c2ccccc2)nn1C)C(=O)N1CCC2(CC1)CC2. The van der Waals surface area contributed by atoms with E-state index in [-0.39, 0.29) is 11.8 Å². The van der Waals surface area contributed by atoms with E-state index in [4.69, 9.17) is 0 Å². The summed E-state index contributed by atoms with van der Waals surface area (Å²) in [6, 6.07) is 11.0. The van der Waals surface area contributed by atoms with E-state index < -0.39 is 6.04 Å². The van der Waals surface area contributed by atoms with Crippen LogP contribution in [0.3, 0.4) is 0 Å². The van der Waals surface area contributed by atoms with Gasteiger partial charge in [-0.05, 0) is 44.1 Å². The van der Waals surface area contributed by atoms with E-state index in [1.165, 1.54) is 12.8 Å². The van der Waals surface area contributed by atoms with Crippen molar-refractivity contribution >= 4 is 11.8 Å². The van der Waals surface area contributed by atoms with Crippen molar-refractivity contribution in [1.82, 2.24) is 20.0 Å². The number of aromatic nitrogens is 2. The van der Waals surface area contributed by atoms with E-state index in [2.05, 4.69) is 10.4 Å². The van der Waals surface area contributed by atoms with Crippen LogP contribution in [0.5, 0.6) is 0 Å². The highest BCUT2D eigenvalue weighted by molar-refractivity contribution is 5.97. The maximum absolute atomic E-state index is 12.7. The molecule has 6 nitrogen and oxygen atoms in total. The second kappa shape index (κ2) is 6.83. The highest BCUT2D eigenvalue weighted by Crippen LogP contribution is 2.53. The van der Waals surface area contributed by atoms with Gasteiger partial charge < -0.3 is 10.2 Å². The lowest BCUT2D eigenvalue weighted by molar-refractivity contribution is -0.134. The average molecular weight is 366 g/mol. The number of carbonyl (C=O) groups is 2. The summed E-state index contributed by atoms with van der Waals surface area (Å²) in [5.41, 5.74) is 2.68. The van der Waals surface area contributed by atoms with E-state index in [9.17, 15) is 9.59 Å². The Morgan fingerprint density at radius 3 is 2.41 bits per heavy atom. The molecule has 6 heteroatoms. The largest absolute Gasteiger partial charge is 0.341 e. The molecule has 1 aliphatic carbocycles. The molecule has 1 N–H and O–H groups in total. The van der Waals surface area contributed by atoms with Gasteiger partial charge in [-0.3, -0.25) is 14.3 Å². The van der Waals surface area contributed by atoms with Crippen molar-refractivity contribution in [2.75, 3.05) is 13.1 Å². The summed E-state index contributed by atoms with van der Waals surface area (Å²) in [5.74, 6) is -0.270. The van der Waals surface area contributed by atoms with E-state index >= 15 is 0 Å². The van der Waals surface area contributed by atoms with E-state index in [1.54, 1.807) is 24.7 Å². The molecule has 0 bridgehead atoms. The molecule has 1 spiro atoms. The van der Waals surface area contributed by atoms with E-state index in [0.717, 1.165) is 37.2 Å². The van der Waals surface area contributed by atoms with Gasteiger partial charge in [-0.2, -0.15) is 5.10 Å². The van der Waals surface area contributed by atoms with Crippen LogP contribution in [0.15, 0.2) is 36.4 Å². The van der Waals surface area contributed by atoms with Crippen molar-refractivity contribution in [3.63, 3.8) is 0 Å². The molecule has 2 aliphatic rings. The van der Waals surface area contributed by atoms with Crippen molar-refractivity contribution < 1.29 is 9.59 Å². The summed E-state index contributed by atoms with van der Waals surface area (Å²) in [5, 5.41) is 7.27. The Morgan fingerprint density at radius 1 is 1.11 bits per heavy atom. The predicted octanol–water partition coefficient (Wildman–Crippen LogP) is 2.61. The zero-order valence-electron chi connectivity index (χ0n) is 15.9. The van der Waals surface area contributed by atoms with Gasteiger partial charge in [0, 0.05) is 25.7 Å². The molecule has 27 heavy (non-hydrogen) atoms. The molecule has 0 radical (unpaired) electrons. The minimum absolute atomic E-state index is 0.00398. The standard InChI is InChI=1S/C21H26N4O2/c1-15(20(27)25-12-10-21(8-9-21)11-13-25)22-19(26)18-14-17(23-24(18)2)16-6-4-3-5-7-16/h3-7,14-15H,8-13H2,1-2H3,(H,22,26). The first-order valence-corrected chi connectivity index (χ1v) is 9.67. The number of carbonyl (C=O) groups excluding carboxylic acids is 2. The maximum Gasteiger partial charge on any atom is 0.270 e. The highest BCUT2D eigenvalue weighted by Gasteiger charge is 2.45. The fourth-order valence-electron chi connectivity index (χ4n) is 3.91. The molecule has 2 heterocycles. The Labute approximate surface area is 159 Å². The number of nitrogens with zero attached hydrogens (tertiary/aromatic N) is 3. The van der Waals surface area contributed by atoms with Gasteiger partial charge in [-0.25, -0.2) is 0 Å². The number of nitrogens with one attached hydrogen (secondary N) is 1. The summed E-state index contributed by atoms with van der Waals surface area (Å²) in [6.45, 7) is 3.38. The molecule has 1 saturated carbocycles. The third kappa shape index (κ3) is 3.61. The maximum atomic E-state index is 12.7. The Balaban J connectivity index is 1.39. The number of amides is 2. The minimum atomic E-state index is -0.541. The molecular weight excluding hydrogens is 340 g/mol. The Bertz CT molecular complexity index is 844. The summed E-state index contributed by atoms with van der Waals surface area (Å²) in [6.07, 6.45) is 4.82. The zero-order chi connectivity index (χ0) is 19.0. The predicted molar refractivity (Wildman–Crippen MR) is 103 cm³/mol. The van der Waals surface area contributed by atoms with Crippen LogP contribution >= 0.6 is 0 Å². The minimum Gasteiger partial charge on any atom is -0.341 e. The number of hydrogen-bond donors (Lipinski definition) is 1. The molecule has 1 aliphatic heterocycles. The van der Waals surface area contributed by atoms with Gasteiger partial charge in [-0.15, -0.1) is 0 Å². The fraction of sp³-hybridized carbons (Fsp3) is 0.476. The molecule has 2 aromatic rings. The first kappa shape index (κ1) is 17.8. The molecular formula is C21H26N4O2. The molecule has 1 saturated heterocycles. The molecule has 142 valence electrons. The first-order chi connectivity index (χ1) is 13.0. The van der Waals surface area contributed by atoms with Crippen molar-refractivity contribution in [2.45, 2.75) is 38.6 Å². The summed E-state index contributed by atoms with van der Waals surface area (Å²) < 4.78 is 1.56. The lowest BCUT2D eigenvalue weighted by Crippen LogP contribution is -2.49. The number of piperidine rings is 1. The van der Waals surface area contributed by atoms with Gasteiger partial charge in [0.05, 0.1) is 5.69 Å². The molecule has 2 amide bonds. The van der Waals surface area contributed by atoms with Crippen LogP contribution in [0.1, 0.15) is 43.1 Å². The van der Waals surface area contributed by atoms with Gasteiger partial charge >= 0.3 is 0 Å². The lowest BCUT2D eigenvalue weighted by atomic mass is 9.93. The monoisotopic (exact) mass is 366 g/mol. The number of aryl methyl sites for hydroxylation is 1. The third-order valence-corrected chi connectivity index (χ3v) is 5.99. The number of benzene rings is 1. The molecule has 1 unspecified atom stereocenters. The van der Waals surface area contributed by atoms with Crippen molar-refractivity contribution in [3.05, 3.63) is 42.1 Å². The van der Waals surface area contributed by atoms with Gasteiger partial charge in [0.25, 0.3) is 5.91 Å². The van der Waals surface area contributed by atoms with Gasteiger partial charge in [0.2, 0.25) is 5.91 Å². The van der Waals surface area contributed by atoms with Crippen LogP contribution in [0, 0.1) is 5.41 Å². The van der Waals surface area contributed by atoms with Crippen LogP contribution in [0.25, 0.3) is 11.3 Å². The second-order valence-corrected chi connectivity index (χ2v) is 7.92. The van der Waals surface area contributed by atoms with Crippen LogP contribution < -0.4 is 5.32 Å². The zero-order valence-corrected chi connectivity index (χ0v) is 15.9. The van der Waals surface area contributed by atoms with Gasteiger partial charge in [-0.1, -0.05) is 30.3 Å². The fourth-order valence-corrected chi connectivity index (χ4v) is 3.91. The van der Waals surface area contributed by atoms with Gasteiger partial charge in [0.15, 0.2) is 0 Å². The molecule has 1 atom stereocenters. The third-order valence-electron chi connectivity index (χ3n) is 5.99. The van der Waals surface area contributed by atoms with Crippen molar-refractivity contribution in [3.8, 4) is 11.3 Å². The average Bonchev–Trinajstić information content (AvgIpc) is 3.31. The van der Waals surface area contributed by atoms with Crippen LogP contribution in [-0.2, 0) is 11.8 Å². The number of rotatable bonds is 4. The smallest absolute Gasteiger partial charge is 0.270 e. The normalized spacial score (nSPS) is 19.0. The van der Waals surface area contributed by atoms with Crippen LogP contribution in [0.2, 0.25) is 0 Å². The molecule has 1 aromatic heterocycles. The van der Waals surface area contributed by atoms with Crippen molar-refractivity contribution in [1.29, 1.82) is 0 Å². The molecule has 4 rings (SSSR count). The lowest BCUT2D eigenvalue weighted by Gasteiger charge is -2.33. The molecule has 1 aromatic carbocycles. The van der Waals surface area contributed by atoms with Crippen LogP contribution in [0.4, 0.5) is 0 Å². The first-order valence-electron chi connectivity index (χ1n) is 9.67. The second-order valence-electron chi connectivity index (χ2n) is 7.92. The quantitative estimate of drug-likeness (QED) is 0.904. The number of likely N-dealkylation sites (tertiary alicyclic amines) is 1. The van der Waals surface area contributed by atoms with Gasteiger partial charge in [0.1, 0.15) is 11.7 Å². The summed E-state index contributed by atoms with van der Waals surface area (Å²) in [4.78, 5) is 27.3. The number of hydrogen-bond acceptors (Lipinski definition) is 3. The Morgan fingerprint density at radius 2 is 1.78 bits per heavy atom. The highest BCUT2D eigenvalue weighted by atomic mass is 16.2. The van der Waals surface area contributed by atoms with Crippen molar-refractivity contribution in [2.24, 2.45) is 12.5 Å². The Kier molecular flexibility index (Phi) is 4.50.